The number of thioether (sulfide) groups is 1. The van der Waals surface area contributed by atoms with Gasteiger partial charge in [0.25, 0.3) is 0 Å². The van der Waals surface area contributed by atoms with Crippen LogP contribution in [0.3, 0.4) is 0 Å². The molecule has 0 radical (unpaired) electrons. The minimum atomic E-state index is -3.68. The summed E-state index contributed by atoms with van der Waals surface area (Å²) in [5, 5.41) is 2.70. The quantitative estimate of drug-likeness (QED) is 0.200. The van der Waals surface area contributed by atoms with Gasteiger partial charge in [0.05, 0.1) is 29.3 Å². The van der Waals surface area contributed by atoms with Gasteiger partial charge in [-0.05, 0) is 37.1 Å². The number of hydrogen-bond acceptors (Lipinski definition) is 8. The molecule has 3 aromatic carbocycles. The second-order valence-electron chi connectivity index (χ2n) is 10.4. The largest absolute Gasteiger partial charge is 0.493 e. The molecule has 6 rings (SSSR count). The maximum absolute atomic E-state index is 13.1. The third-order valence-corrected chi connectivity index (χ3v) is 10.5. The van der Waals surface area contributed by atoms with Crippen LogP contribution in [0.1, 0.15) is 26.2 Å². The van der Waals surface area contributed by atoms with E-state index in [4.69, 9.17) is 10.5 Å². The number of fused-ring (bicyclic) bond motifs is 6. The maximum atomic E-state index is 13.1. The van der Waals surface area contributed by atoms with Crippen molar-refractivity contribution in [2.75, 3.05) is 49.3 Å². The summed E-state index contributed by atoms with van der Waals surface area (Å²) in [7, 11) is 0.217. The third-order valence-electron chi connectivity index (χ3n) is 7.42. The molecule has 39 heavy (non-hydrogen) atoms. The first-order chi connectivity index (χ1) is 18.7. The highest BCUT2D eigenvalue weighted by molar-refractivity contribution is 8.02. The van der Waals surface area contributed by atoms with E-state index in [-0.39, 0.29) is 16.3 Å². The average Bonchev–Trinajstić information content (AvgIpc) is 3.50. The van der Waals surface area contributed by atoms with Gasteiger partial charge >= 0.3 is 0 Å². The molecule has 3 heterocycles. The lowest BCUT2D eigenvalue weighted by atomic mass is 10.1. The van der Waals surface area contributed by atoms with Crippen LogP contribution in [0.15, 0.2) is 64.4 Å². The Kier molecular flexibility index (Phi) is 6.52. The maximum Gasteiger partial charge on any atom is 0.241 e. The lowest BCUT2D eigenvalue weighted by molar-refractivity contribution is 0.312. The predicted molar refractivity (Wildman–Crippen MR) is 161 cm³/mol. The first-order valence-corrected chi connectivity index (χ1v) is 15.6. The number of aromatic nitrogens is 1. The van der Waals surface area contributed by atoms with E-state index in [0.717, 1.165) is 47.1 Å². The van der Waals surface area contributed by atoms with Gasteiger partial charge < -0.3 is 20.3 Å². The Bertz CT molecular complexity index is 1690. The van der Waals surface area contributed by atoms with Gasteiger partial charge in [-0.15, -0.1) is 0 Å². The van der Waals surface area contributed by atoms with Crippen LogP contribution in [-0.4, -0.2) is 52.1 Å². The van der Waals surface area contributed by atoms with Crippen molar-refractivity contribution in [1.29, 1.82) is 0 Å². The fourth-order valence-corrected chi connectivity index (χ4v) is 8.51. The molecule has 204 valence electrons. The highest BCUT2D eigenvalue weighted by Crippen LogP contribution is 2.64. The molecule has 3 N–H and O–H groups in total. The van der Waals surface area contributed by atoms with Crippen molar-refractivity contribution in [2.45, 2.75) is 40.8 Å². The summed E-state index contributed by atoms with van der Waals surface area (Å²) < 4.78 is 34.9. The molecule has 0 bridgehead atoms. The first kappa shape index (κ1) is 26.0. The zero-order chi connectivity index (χ0) is 27.4. The van der Waals surface area contributed by atoms with E-state index in [1.165, 1.54) is 4.90 Å². The standard InChI is InChI=1S/C29H33N5O3S2/c1-4-14-29-18-34(29)26-27(38-29)22-13-12-19(17-23(22)32-28(26)30)37-16-7-15-31-39(35,36)25-11-6-8-20-21(25)9-5-10-24(20)33(2)3/h5-6,8-13,17,31H,4,7,14-16,18H2,1-3H3,(H2,30,32). The Labute approximate surface area is 233 Å². The SMILES string of the molecule is CCCC12CN1c1c(N)nc3cc(OCCCNS(=O)(=O)c4cccc5c(N(C)C)cccc45)ccc3c1S2. The normalized spacial score (nSPS) is 17.9. The van der Waals surface area contributed by atoms with Crippen LogP contribution in [0.4, 0.5) is 17.2 Å². The monoisotopic (exact) mass is 563 g/mol. The summed E-state index contributed by atoms with van der Waals surface area (Å²) >= 11 is 1.91. The van der Waals surface area contributed by atoms with Crippen LogP contribution in [0.5, 0.6) is 5.75 Å². The van der Waals surface area contributed by atoms with Crippen LogP contribution >= 0.6 is 11.8 Å². The Hall–Kier alpha value is -3.21. The number of hydrogen-bond donors (Lipinski definition) is 2. The van der Waals surface area contributed by atoms with Crippen molar-refractivity contribution in [1.82, 2.24) is 9.71 Å². The fourth-order valence-electron chi connectivity index (χ4n) is 5.54. The Morgan fingerprint density at radius 1 is 1.13 bits per heavy atom. The van der Waals surface area contributed by atoms with Crippen molar-refractivity contribution in [3.05, 3.63) is 54.6 Å². The highest BCUT2D eigenvalue weighted by Gasteiger charge is 2.59. The molecule has 0 spiro atoms. The van der Waals surface area contributed by atoms with Crippen LogP contribution < -0.4 is 25.0 Å². The topological polar surface area (TPSA) is 101 Å². The van der Waals surface area contributed by atoms with Crippen LogP contribution in [0.2, 0.25) is 0 Å². The van der Waals surface area contributed by atoms with Gasteiger partial charge in [-0.3, -0.25) is 0 Å². The van der Waals surface area contributed by atoms with Gasteiger partial charge in [-0.2, -0.15) is 0 Å². The first-order valence-electron chi connectivity index (χ1n) is 13.3. The highest BCUT2D eigenvalue weighted by atomic mass is 32.2. The minimum absolute atomic E-state index is 0.157. The molecule has 0 aliphatic carbocycles. The summed E-state index contributed by atoms with van der Waals surface area (Å²) in [4.78, 5) is 10.7. The number of ether oxygens (including phenoxy) is 1. The van der Waals surface area contributed by atoms with Gasteiger partial charge in [-0.1, -0.05) is 49.4 Å². The Balaban J connectivity index is 1.10. The van der Waals surface area contributed by atoms with Gasteiger partial charge in [0.1, 0.15) is 16.4 Å². The van der Waals surface area contributed by atoms with Gasteiger partial charge in [0, 0.05) is 53.4 Å². The number of rotatable bonds is 10. The molecule has 1 aromatic heterocycles. The number of sulfonamides is 1. The van der Waals surface area contributed by atoms with E-state index in [9.17, 15) is 8.42 Å². The van der Waals surface area contributed by atoms with Crippen molar-refractivity contribution in [2.24, 2.45) is 0 Å². The minimum Gasteiger partial charge on any atom is -0.493 e. The number of nitrogens with zero attached hydrogens (tertiary/aromatic N) is 3. The number of benzene rings is 3. The fraction of sp³-hybridized carbons (Fsp3) is 0.345. The zero-order valence-electron chi connectivity index (χ0n) is 22.4. The number of nitrogens with two attached hydrogens (primary N) is 1. The molecule has 1 fully saturated rings. The Morgan fingerprint density at radius 2 is 1.92 bits per heavy atom. The Morgan fingerprint density at radius 3 is 2.72 bits per heavy atom. The van der Waals surface area contributed by atoms with Crippen molar-refractivity contribution >= 4 is 60.7 Å². The second-order valence-corrected chi connectivity index (χ2v) is 13.5. The summed E-state index contributed by atoms with van der Waals surface area (Å²) in [6.45, 7) is 3.90. The summed E-state index contributed by atoms with van der Waals surface area (Å²) in [5.41, 5.74) is 9.24. The van der Waals surface area contributed by atoms with Crippen molar-refractivity contribution in [3.8, 4) is 5.75 Å². The molecule has 0 saturated carbocycles. The number of anilines is 3. The van der Waals surface area contributed by atoms with E-state index < -0.39 is 10.0 Å². The molecule has 4 aromatic rings. The van der Waals surface area contributed by atoms with Gasteiger partial charge in [0.15, 0.2) is 0 Å². The third kappa shape index (κ3) is 4.54. The zero-order valence-corrected chi connectivity index (χ0v) is 24.0. The lowest BCUT2D eigenvalue weighted by Crippen LogP contribution is -2.26. The van der Waals surface area contributed by atoms with Gasteiger partial charge in [0.2, 0.25) is 10.0 Å². The average molecular weight is 564 g/mol. The smallest absolute Gasteiger partial charge is 0.241 e. The molecular formula is C29H33N5O3S2. The molecule has 1 unspecified atom stereocenters. The molecule has 0 amide bonds. The predicted octanol–water partition coefficient (Wildman–Crippen LogP) is 5.21. The van der Waals surface area contributed by atoms with Crippen molar-refractivity contribution < 1.29 is 13.2 Å². The molecule has 10 heteroatoms. The lowest BCUT2D eigenvalue weighted by Gasteiger charge is -2.17. The van der Waals surface area contributed by atoms with E-state index in [1.54, 1.807) is 12.1 Å². The van der Waals surface area contributed by atoms with E-state index in [0.29, 0.717) is 30.0 Å². The molecule has 1 atom stereocenters. The summed E-state index contributed by atoms with van der Waals surface area (Å²) in [6.07, 6.45) is 2.79. The van der Waals surface area contributed by atoms with Crippen LogP contribution in [0.25, 0.3) is 21.7 Å². The molecule has 2 aliphatic rings. The van der Waals surface area contributed by atoms with Crippen molar-refractivity contribution in [3.63, 3.8) is 0 Å². The molecule has 2 aliphatic heterocycles. The molecule has 1 saturated heterocycles. The van der Waals surface area contributed by atoms with E-state index >= 15 is 0 Å². The summed E-state index contributed by atoms with van der Waals surface area (Å²) in [5.74, 6) is 1.26. The van der Waals surface area contributed by atoms with Crippen LogP contribution in [0, 0.1) is 0 Å². The van der Waals surface area contributed by atoms with E-state index in [1.807, 2.05) is 67.2 Å². The molecule has 8 nitrogen and oxygen atoms in total. The summed E-state index contributed by atoms with van der Waals surface area (Å²) in [6, 6.07) is 17.0. The van der Waals surface area contributed by atoms with Gasteiger partial charge in [-0.25, -0.2) is 18.1 Å². The molecular weight excluding hydrogens is 530 g/mol. The van der Waals surface area contributed by atoms with Crippen LogP contribution in [-0.2, 0) is 10.0 Å². The number of nitrogen functional groups attached to an aromatic ring is 1. The second kappa shape index (κ2) is 9.76. The number of pyridine rings is 1. The van der Waals surface area contributed by atoms with E-state index in [2.05, 4.69) is 27.6 Å². The number of nitrogens with one attached hydrogen (secondary N) is 1.